The van der Waals surface area contributed by atoms with E-state index in [0.29, 0.717) is 0 Å². The lowest BCUT2D eigenvalue weighted by atomic mass is 10.2. The van der Waals surface area contributed by atoms with Crippen LogP contribution in [0.2, 0.25) is 0 Å². The van der Waals surface area contributed by atoms with Gasteiger partial charge in [-0.2, -0.15) is 12.7 Å². The number of phenols is 1. The van der Waals surface area contributed by atoms with E-state index in [9.17, 15) is 23.6 Å². The lowest BCUT2D eigenvalue weighted by Crippen LogP contribution is -2.43. The van der Waals surface area contributed by atoms with Crippen LogP contribution in [0.3, 0.4) is 0 Å². The summed E-state index contributed by atoms with van der Waals surface area (Å²) in [7, 11) is -3.88. The van der Waals surface area contributed by atoms with Gasteiger partial charge in [0, 0.05) is 25.2 Å². The van der Waals surface area contributed by atoms with Crippen LogP contribution in [0, 0.1) is 10.1 Å². The van der Waals surface area contributed by atoms with Crippen molar-refractivity contribution < 1.29 is 23.2 Å². The van der Waals surface area contributed by atoms with Gasteiger partial charge in [0.2, 0.25) is 0 Å². The van der Waals surface area contributed by atoms with E-state index < -0.39 is 15.1 Å². The number of rotatable bonds is 4. The predicted octanol–water partition coefficient (Wildman–Crippen LogP) is 0.289. The molecule has 20 heavy (non-hydrogen) atoms. The Morgan fingerprint density at radius 3 is 2.60 bits per heavy atom. The molecule has 0 atom stereocenters. The molecule has 1 saturated heterocycles. The smallest absolute Gasteiger partial charge is 0.301 e. The van der Waals surface area contributed by atoms with Gasteiger partial charge in [-0.25, -0.2) is 0 Å². The zero-order valence-electron chi connectivity index (χ0n) is 10.4. The number of nitrogens with one attached hydrogen (secondary N) is 1. The number of ether oxygens (including phenoxy) is 1. The van der Waals surface area contributed by atoms with Crippen molar-refractivity contribution >= 4 is 21.6 Å². The Morgan fingerprint density at radius 2 is 2.00 bits per heavy atom. The second kappa shape index (κ2) is 5.61. The summed E-state index contributed by atoms with van der Waals surface area (Å²) >= 11 is 0. The number of nitrogens with zero attached hydrogens (tertiary/aromatic N) is 2. The van der Waals surface area contributed by atoms with Crippen LogP contribution in [0.5, 0.6) is 5.75 Å². The van der Waals surface area contributed by atoms with Crippen molar-refractivity contribution in [3.63, 3.8) is 0 Å². The molecule has 1 heterocycles. The highest BCUT2D eigenvalue weighted by Gasteiger charge is 2.25. The fourth-order valence-corrected chi connectivity index (χ4v) is 2.91. The van der Waals surface area contributed by atoms with Crippen LogP contribution < -0.4 is 4.72 Å². The van der Waals surface area contributed by atoms with E-state index in [2.05, 4.69) is 4.72 Å². The van der Waals surface area contributed by atoms with Crippen molar-refractivity contribution in [2.45, 2.75) is 0 Å². The number of hydrogen-bond acceptors (Lipinski definition) is 6. The molecule has 0 radical (unpaired) electrons. The van der Waals surface area contributed by atoms with Crippen LogP contribution in [0.1, 0.15) is 0 Å². The van der Waals surface area contributed by atoms with Crippen molar-refractivity contribution in [1.82, 2.24) is 4.31 Å². The van der Waals surface area contributed by atoms with Gasteiger partial charge in [0.1, 0.15) is 5.75 Å². The predicted molar refractivity (Wildman–Crippen MR) is 69.7 cm³/mol. The third kappa shape index (κ3) is 3.15. The molecule has 1 aliphatic heterocycles. The second-order valence-electron chi connectivity index (χ2n) is 4.08. The molecule has 9 nitrogen and oxygen atoms in total. The minimum Gasteiger partial charge on any atom is -0.506 e. The van der Waals surface area contributed by atoms with Gasteiger partial charge >= 0.3 is 10.2 Å². The standard InChI is InChI=1S/C10H13N3O6S/c14-10-2-1-8(13(15)16)7-9(10)11-20(17,18)12-3-5-19-6-4-12/h1-2,7,11,14H,3-6H2. The molecular weight excluding hydrogens is 290 g/mol. The number of anilines is 1. The van der Waals surface area contributed by atoms with Gasteiger partial charge in [0.15, 0.2) is 0 Å². The molecule has 0 spiro atoms. The molecule has 0 bridgehead atoms. The van der Waals surface area contributed by atoms with Gasteiger partial charge in [-0.3, -0.25) is 14.8 Å². The zero-order valence-corrected chi connectivity index (χ0v) is 11.2. The van der Waals surface area contributed by atoms with Gasteiger partial charge < -0.3 is 9.84 Å². The minimum absolute atomic E-state index is 0.186. The SMILES string of the molecule is O=[N+]([O-])c1ccc(O)c(NS(=O)(=O)N2CCOCC2)c1. The molecule has 0 saturated carbocycles. The van der Waals surface area contributed by atoms with E-state index in [1.54, 1.807) is 0 Å². The molecule has 1 aromatic rings. The first kappa shape index (κ1) is 14.5. The molecule has 1 aromatic carbocycles. The topological polar surface area (TPSA) is 122 Å². The van der Waals surface area contributed by atoms with Crippen molar-refractivity contribution in [2.24, 2.45) is 0 Å². The van der Waals surface area contributed by atoms with Gasteiger partial charge in [0.05, 0.1) is 23.8 Å². The molecule has 2 N–H and O–H groups in total. The van der Waals surface area contributed by atoms with E-state index in [-0.39, 0.29) is 43.4 Å². The van der Waals surface area contributed by atoms with Crippen molar-refractivity contribution in [3.8, 4) is 5.75 Å². The minimum atomic E-state index is -3.88. The molecule has 0 aliphatic carbocycles. The zero-order chi connectivity index (χ0) is 14.8. The summed E-state index contributed by atoms with van der Waals surface area (Å²) in [5, 5.41) is 20.2. The highest BCUT2D eigenvalue weighted by atomic mass is 32.2. The van der Waals surface area contributed by atoms with Crippen LogP contribution >= 0.6 is 0 Å². The van der Waals surface area contributed by atoms with E-state index in [1.165, 1.54) is 0 Å². The first-order valence-electron chi connectivity index (χ1n) is 5.73. The monoisotopic (exact) mass is 303 g/mol. The number of hydrogen-bond donors (Lipinski definition) is 2. The highest BCUT2D eigenvalue weighted by molar-refractivity contribution is 7.90. The molecule has 1 aliphatic rings. The third-order valence-electron chi connectivity index (χ3n) is 2.74. The number of aromatic hydroxyl groups is 1. The van der Waals surface area contributed by atoms with Gasteiger partial charge in [-0.15, -0.1) is 0 Å². The van der Waals surface area contributed by atoms with E-state index in [0.717, 1.165) is 22.5 Å². The Morgan fingerprint density at radius 1 is 1.35 bits per heavy atom. The first-order chi connectivity index (χ1) is 9.40. The van der Waals surface area contributed by atoms with Crippen molar-refractivity contribution in [1.29, 1.82) is 0 Å². The quantitative estimate of drug-likeness (QED) is 0.468. The number of non-ortho nitro benzene ring substituents is 1. The lowest BCUT2D eigenvalue weighted by molar-refractivity contribution is -0.384. The fraction of sp³-hybridized carbons (Fsp3) is 0.400. The summed E-state index contributed by atoms with van der Waals surface area (Å²) in [4.78, 5) is 9.98. The summed E-state index contributed by atoms with van der Waals surface area (Å²) in [5.41, 5.74) is -0.548. The van der Waals surface area contributed by atoms with E-state index in [4.69, 9.17) is 4.74 Å². The lowest BCUT2D eigenvalue weighted by Gasteiger charge is -2.26. The van der Waals surface area contributed by atoms with Gasteiger partial charge in [-0.05, 0) is 6.07 Å². The second-order valence-corrected chi connectivity index (χ2v) is 5.75. The Labute approximate surface area is 115 Å². The molecular formula is C10H13N3O6S. The summed E-state index contributed by atoms with van der Waals surface area (Å²) in [6.07, 6.45) is 0. The number of morpholine rings is 1. The van der Waals surface area contributed by atoms with E-state index >= 15 is 0 Å². The highest BCUT2D eigenvalue weighted by Crippen LogP contribution is 2.29. The summed E-state index contributed by atoms with van der Waals surface area (Å²) in [6, 6.07) is 3.12. The summed E-state index contributed by atoms with van der Waals surface area (Å²) in [6.45, 7) is 0.930. The normalized spacial score (nSPS) is 16.8. The van der Waals surface area contributed by atoms with Crippen LogP contribution in [0.4, 0.5) is 11.4 Å². The number of phenolic OH excluding ortho intramolecular Hbond substituents is 1. The number of benzene rings is 1. The van der Waals surface area contributed by atoms with E-state index in [1.807, 2.05) is 0 Å². The van der Waals surface area contributed by atoms with Crippen molar-refractivity contribution in [2.75, 3.05) is 31.0 Å². The average Bonchev–Trinajstić information content (AvgIpc) is 2.42. The Kier molecular flexibility index (Phi) is 4.06. The Hall–Kier alpha value is -1.91. The van der Waals surface area contributed by atoms with Gasteiger partial charge in [0.25, 0.3) is 5.69 Å². The molecule has 1 fully saturated rings. The van der Waals surface area contributed by atoms with Crippen LogP contribution in [0.25, 0.3) is 0 Å². The maximum absolute atomic E-state index is 12.1. The largest absolute Gasteiger partial charge is 0.506 e. The number of nitro benzene ring substituents is 1. The van der Waals surface area contributed by atoms with Crippen LogP contribution in [-0.2, 0) is 14.9 Å². The Balaban J connectivity index is 2.24. The summed E-state index contributed by atoms with van der Waals surface area (Å²) < 4.78 is 32.5. The molecule has 0 amide bonds. The first-order valence-corrected chi connectivity index (χ1v) is 7.17. The van der Waals surface area contributed by atoms with Crippen LogP contribution in [0.15, 0.2) is 18.2 Å². The average molecular weight is 303 g/mol. The Bertz CT molecular complexity index is 611. The van der Waals surface area contributed by atoms with Gasteiger partial charge in [-0.1, -0.05) is 0 Å². The molecule has 110 valence electrons. The molecule has 2 rings (SSSR count). The molecule has 10 heteroatoms. The number of nitro groups is 1. The van der Waals surface area contributed by atoms with Crippen LogP contribution in [-0.4, -0.2) is 49.1 Å². The molecule has 0 unspecified atom stereocenters. The van der Waals surface area contributed by atoms with Crippen molar-refractivity contribution in [3.05, 3.63) is 28.3 Å². The summed E-state index contributed by atoms with van der Waals surface area (Å²) in [5.74, 6) is -0.382. The molecule has 0 aromatic heterocycles. The third-order valence-corrected chi connectivity index (χ3v) is 4.26. The fourth-order valence-electron chi connectivity index (χ4n) is 1.71. The maximum Gasteiger partial charge on any atom is 0.301 e. The maximum atomic E-state index is 12.1.